The molecule has 0 radical (unpaired) electrons. The largest absolute Gasteiger partial charge is 0.461 e. The van der Waals surface area contributed by atoms with Gasteiger partial charge in [0.2, 0.25) is 0 Å². The zero-order valence-corrected chi connectivity index (χ0v) is 21.3. The van der Waals surface area contributed by atoms with Gasteiger partial charge in [0.1, 0.15) is 6.10 Å². The molecule has 1 atom stereocenters. The summed E-state index contributed by atoms with van der Waals surface area (Å²) in [6.45, 7) is 25.6. The average Bonchev–Trinajstić information content (AvgIpc) is 2.64. The van der Waals surface area contributed by atoms with Crippen molar-refractivity contribution in [2.75, 3.05) is 0 Å². The van der Waals surface area contributed by atoms with Crippen LogP contribution in [0.1, 0.15) is 113 Å². The first-order valence-electron chi connectivity index (χ1n) is 11.5. The Morgan fingerprint density at radius 3 is 1.62 bits per heavy atom. The van der Waals surface area contributed by atoms with Crippen molar-refractivity contribution in [2.45, 2.75) is 113 Å². The maximum Gasteiger partial charge on any atom is 0.311 e. The quantitative estimate of drug-likeness (QED) is 0.429. The first kappa shape index (κ1) is 27.7. The molecule has 0 heterocycles. The third kappa shape index (κ3) is 9.36. The Balaban J connectivity index is 0.000000541. The van der Waals surface area contributed by atoms with Gasteiger partial charge in [-0.2, -0.15) is 0 Å². The molecule has 168 valence electrons. The van der Waals surface area contributed by atoms with Gasteiger partial charge in [-0.15, -0.1) is 0 Å². The maximum absolute atomic E-state index is 11.9. The minimum Gasteiger partial charge on any atom is -0.461 e. The maximum atomic E-state index is 11.9. The molecule has 2 heteroatoms. The van der Waals surface area contributed by atoms with E-state index in [-0.39, 0.29) is 22.9 Å². The van der Waals surface area contributed by atoms with E-state index in [1.54, 1.807) is 0 Å². The predicted octanol–water partition coefficient (Wildman–Crippen LogP) is 8.14. The fraction of sp³-hybridized carbons (Fsp3) is 0.741. The van der Waals surface area contributed by atoms with Crippen LogP contribution in [-0.4, -0.2) is 12.1 Å². The van der Waals surface area contributed by atoms with Crippen molar-refractivity contribution < 1.29 is 9.53 Å². The first-order chi connectivity index (χ1) is 13.2. The topological polar surface area (TPSA) is 26.3 Å². The van der Waals surface area contributed by atoms with Gasteiger partial charge in [0.15, 0.2) is 0 Å². The highest BCUT2D eigenvalue weighted by Gasteiger charge is 2.31. The number of ether oxygens (including phenoxy) is 1. The molecule has 1 aromatic carbocycles. The molecule has 1 unspecified atom stereocenters. The molecular formula is C27H48O2. The van der Waals surface area contributed by atoms with E-state index in [1.165, 1.54) is 17.5 Å². The molecule has 0 amide bonds. The SMILES string of the molecule is CCC(C)(C)C(=O)OC(C(C)C)C(C)C.CCC(C)c1ccc(C(C)(C)C)cc1. The van der Waals surface area contributed by atoms with Crippen molar-refractivity contribution in [2.24, 2.45) is 17.3 Å². The van der Waals surface area contributed by atoms with Gasteiger partial charge in [-0.05, 0) is 61.0 Å². The summed E-state index contributed by atoms with van der Waals surface area (Å²) in [6, 6.07) is 9.08. The molecule has 1 rings (SSSR count). The van der Waals surface area contributed by atoms with Gasteiger partial charge in [-0.1, -0.05) is 93.5 Å². The Morgan fingerprint density at radius 2 is 1.31 bits per heavy atom. The molecule has 0 aliphatic rings. The summed E-state index contributed by atoms with van der Waals surface area (Å²) in [4.78, 5) is 11.9. The van der Waals surface area contributed by atoms with E-state index in [1.807, 2.05) is 20.8 Å². The van der Waals surface area contributed by atoms with Crippen molar-refractivity contribution in [1.82, 2.24) is 0 Å². The molecule has 29 heavy (non-hydrogen) atoms. The summed E-state index contributed by atoms with van der Waals surface area (Å²) in [5.74, 6) is 1.37. The highest BCUT2D eigenvalue weighted by molar-refractivity contribution is 5.76. The van der Waals surface area contributed by atoms with Gasteiger partial charge in [0.25, 0.3) is 0 Å². The van der Waals surface area contributed by atoms with E-state index < -0.39 is 0 Å². The fourth-order valence-corrected chi connectivity index (χ4v) is 3.02. The predicted molar refractivity (Wildman–Crippen MR) is 127 cm³/mol. The molecule has 0 saturated carbocycles. The van der Waals surface area contributed by atoms with Crippen LogP contribution in [0.5, 0.6) is 0 Å². The van der Waals surface area contributed by atoms with Crippen LogP contribution in [0.25, 0.3) is 0 Å². The molecule has 2 nitrogen and oxygen atoms in total. The molecule has 0 saturated heterocycles. The van der Waals surface area contributed by atoms with Crippen LogP contribution in [0.2, 0.25) is 0 Å². The summed E-state index contributed by atoms with van der Waals surface area (Å²) < 4.78 is 5.59. The minimum atomic E-state index is -0.359. The van der Waals surface area contributed by atoms with Gasteiger partial charge in [-0.25, -0.2) is 0 Å². The van der Waals surface area contributed by atoms with Crippen molar-refractivity contribution in [3.8, 4) is 0 Å². The summed E-state index contributed by atoms with van der Waals surface area (Å²) in [5.41, 5.74) is 2.79. The van der Waals surface area contributed by atoms with Crippen LogP contribution in [0.4, 0.5) is 0 Å². The van der Waals surface area contributed by atoms with E-state index >= 15 is 0 Å². The standard InChI is InChI=1S/C14H22.C13H26O2/c1-6-11(2)12-7-9-13(10-8-12)14(3,4)5;1-8-13(6,7)12(14)15-11(9(2)3)10(4)5/h7-11H,6H2,1-5H3;9-11H,8H2,1-7H3. The molecule has 0 aliphatic heterocycles. The lowest BCUT2D eigenvalue weighted by molar-refractivity contribution is -0.164. The van der Waals surface area contributed by atoms with Crippen LogP contribution in [0.15, 0.2) is 24.3 Å². The van der Waals surface area contributed by atoms with Crippen LogP contribution >= 0.6 is 0 Å². The Bertz CT molecular complexity index is 580. The zero-order chi connectivity index (χ0) is 23.0. The molecule has 0 fully saturated rings. The summed E-state index contributed by atoms with van der Waals surface area (Å²) in [7, 11) is 0. The summed E-state index contributed by atoms with van der Waals surface area (Å²) in [6.07, 6.45) is 2.06. The van der Waals surface area contributed by atoms with Crippen LogP contribution in [0, 0.1) is 17.3 Å². The molecule has 0 spiro atoms. The number of benzene rings is 1. The molecular weight excluding hydrogens is 356 g/mol. The van der Waals surface area contributed by atoms with Crippen LogP contribution < -0.4 is 0 Å². The van der Waals surface area contributed by atoms with Crippen molar-refractivity contribution in [3.63, 3.8) is 0 Å². The second-order valence-electron chi connectivity index (χ2n) is 10.8. The third-order valence-electron chi connectivity index (χ3n) is 5.95. The average molecular weight is 405 g/mol. The smallest absolute Gasteiger partial charge is 0.311 e. The molecule has 0 N–H and O–H groups in total. The van der Waals surface area contributed by atoms with Gasteiger partial charge >= 0.3 is 5.97 Å². The number of rotatable bonds is 7. The van der Waals surface area contributed by atoms with Crippen LogP contribution in [0.3, 0.4) is 0 Å². The normalized spacial score (nSPS) is 13.3. The molecule has 0 aliphatic carbocycles. The second kappa shape index (κ2) is 11.8. The third-order valence-corrected chi connectivity index (χ3v) is 5.95. The van der Waals surface area contributed by atoms with Crippen molar-refractivity contribution >= 4 is 5.97 Å². The van der Waals surface area contributed by atoms with Crippen molar-refractivity contribution in [1.29, 1.82) is 0 Å². The highest BCUT2D eigenvalue weighted by atomic mass is 16.5. The number of esters is 1. The van der Waals surface area contributed by atoms with Crippen molar-refractivity contribution in [3.05, 3.63) is 35.4 Å². The van der Waals surface area contributed by atoms with Gasteiger partial charge in [0, 0.05) is 0 Å². The summed E-state index contributed by atoms with van der Waals surface area (Å²) in [5, 5.41) is 0. The Labute approximate surface area is 181 Å². The zero-order valence-electron chi connectivity index (χ0n) is 21.3. The van der Waals surface area contributed by atoms with Crippen LogP contribution in [-0.2, 0) is 14.9 Å². The monoisotopic (exact) mass is 404 g/mol. The van der Waals surface area contributed by atoms with Gasteiger partial charge in [-0.3, -0.25) is 4.79 Å². The van der Waals surface area contributed by atoms with E-state index in [2.05, 4.69) is 86.6 Å². The molecule has 0 bridgehead atoms. The number of carbonyl (C=O) groups is 1. The summed E-state index contributed by atoms with van der Waals surface area (Å²) >= 11 is 0. The lowest BCUT2D eigenvalue weighted by Crippen LogP contribution is -2.35. The first-order valence-corrected chi connectivity index (χ1v) is 11.5. The van der Waals surface area contributed by atoms with E-state index in [9.17, 15) is 4.79 Å². The Morgan fingerprint density at radius 1 is 0.862 bits per heavy atom. The number of carbonyl (C=O) groups excluding carboxylic acids is 1. The Hall–Kier alpha value is -1.31. The lowest BCUT2D eigenvalue weighted by Gasteiger charge is -2.29. The Kier molecular flexibility index (Phi) is 11.2. The van der Waals surface area contributed by atoms with E-state index in [0.717, 1.165) is 6.42 Å². The lowest BCUT2D eigenvalue weighted by atomic mass is 9.85. The highest BCUT2D eigenvalue weighted by Crippen LogP contribution is 2.26. The number of hydrogen-bond acceptors (Lipinski definition) is 2. The van der Waals surface area contributed by atoms with Gasteiger partial charge in [0.05, 0.1) is 5.41 Å². The van der Waals surface area contributed by atoms with E-state index in [4.69, 9.17) is 4.74 Å². The second-order valence-corrected chi connectivity index (χ2v) is 10.8. The van der Waals surface area contributed by atoms with Gasteiger partial charge < -0.3 is 4.74 Å². The van der Waals surface area contributed by atoms with E-state index in [0.29, 0.717) is 17.8 Å². The number of hydrogen-bond donors (Lipinski definition) is 0. The minimum absolute atomic E-state index is 0.0309. The fourth-order valence-electron chi connectivity index (χ4n) is 3.02. The molecule has 1 aromatic rings. The molecule has 0 aromatic heterocycles.